The molecular weight excluding hydrogens is 150 g/mol. The van der Waals surface area contributed by atoms with E-state index in [0.29, 0.717) is 18.5 Å². The predicted molar refractivity (Wildman–Crippen MR) is 42.9 cm³/mol. The highest BCUT2D eigenvalue weighted by Crippen LogP contribution is 2.03. The van der Waals surface area contributed by atoms with Crippen LogP contribution in [-0.4, -0.2) is 4.98 Å². The predicted octanol–water partition coefficient (Wildman–Crippen LogP) is 1.41. The Morgan fingerprint density at radius 3 is 2.92 bits per heavy atom. The number of nitriles is 2. The van der Waals surface area contributed by atoms with Crippen molar-refractivity contribution >= 4 is 0 Å². The van der Waals surface area contributed by atoms with Crippen molar-refractivity contribution in [2.45, 2.75) is 12.8 Å². The highest BCUT2D eigenvalue weighted by atomic mass is 14.7. The second-order valence-electron chi connectivity index (χ2n) is 2.32. The maximum Gasteiger partial charge on any atom is 0.140 e. The van der Waals surface area contributed by atoms with Gasteiger partial charge in [-0.1, -0.05) is 0 Å². The van der Waals surface area contributed by atoms with E-state index in [4.69, 9.17) is 10.5 Å². The van der Waals surface area contributed by atoms with Crippen molar-refractivity contribution in [3.63, 3.8) is 0 Å². The van der Waals surface area contributed by atoms with E-state index < -0.39 is 0 Å². The zero-order valence-corrected chi connectivity index (χ0v) is 6.49. The first kappa shape index (κ1) is 8.23. The molecule has 0 aliphatic carbocycles. The molecule has 0 saturated carbocycles. The van der Waals surface area contributed by atoms with Gasteiger partial charge in [-0.05, 0) is 24.1 Å². The van der Waals surface area contributed by atoms with Gasteiger partial charge in [0.1, 0.15) is 11.8 Å². The van der Waals surface area contributed by atoms with Crippen LogP contribution in [-0.2, 0) is 6.42 Å². The van der Waals surface area contributed by atoms with Gasteiger partial charge in [-0.2, -0.15) is 10.5 Å². The van der Waals surface area contributed by atoms with E-state index >= 15 is 0 Å². The Labute approximate surface area is 70.9 Å². The summed E-state index contributed by atoms with van der Waals surface area (Å²) in [4.78, 5) is 3.82. The largest absolute Gasteiger partial charge is 0.246 e. The van der Waals surface area contributed by atoms with Crippen molar-refractivity contribution in [3.8, 4) is 12.1 Å². The first-order valence-corrected chi connectivity index (χ1v) is 3.59. The average molecular weight is 157 g/mol. The highest BCUT2D eigenvalue weighted by molar-refractivity contribution is 5.25. The summed E-state index contributed by atoms with van der Waals surface area (Å²) in [6.07, 6.45) is 2.76. The van der Waals surface area contributed by atoms with E-state index in [1.54, 1.807) is 12.3 Å². The molecule has 0 fully saturated rings. The third-order valence-corrected chi connectivity index (χ3v) is 1.46. The molecule has 1 aromatic heterocycles. The fourth-order valence-electron chi connectivity index (χ4n) is 0.891. The molecular formula is C9H7N3. The summed E-state index contributed by atoms with van der Waals surface area (Å²) in [7, 11) is 0. The fourth-order valence-corrected chi connectivity index (χ4v) is 0.891. The monoisotopic (exact) mass is 157 g/mol. The Kier molecular flexibility index (Phi) is 2.81. The van der Waals surface area contributed by atoms with E-state index in [2.05, 4.69) is 11.1 Å². The maximum atomic E-state index is 8.51. The highest BCUT2D eigenvalue weighted by Gasteiger charge is 1.94. The molecule has 0 unspecified atom stereocenters. The standard InChI is InChI=1S/C9H7N3/c10-4-1-2-8-3-5-12-9(6-8)7-11/h3,5-6H,1-2H2. The molecule has 0 aliphatic heterocycles. The van der Waals surface area contributed by atoms with Crippen molar-refractivity contribution in [1.29, 1.82) is 10.5 Å². The van der Waals surface area contributed by atoms with Crippen molar-refractivity contribution < 1.29 is 0 Å². The second-order valence-corrected chi connectivity index (χ2v) is 2.32. The zero-order valence-electron chi connectivity index (χ0n) is 6.49. The van der Waals surface area contributed by atoms with Gasteiger partial charge in [0, 0.05) is 12.6 Å². The Morgan fingerprint density at radius 1 is 1.42 bits per heavy atom. The lowest BCUT2D eigenvalue weighted by molar-refractivity contribution is 1.00. The van der Waals surface area contributed by atoms with Crippen molar-refractivity contribution in [1.82, 2.24) is 4.98 Å². The van der Waals surface area contributed by atoms with Crippen LogP contribution in [0.15, 0.2) is 18.3 Å². The van der Waals surface area contributed by atoms with Gasteiger partial charge in [-0.3, -0.25) is 0 Å². The summed E-state index contributed by atoms with van der Waals surface area (Å²) < 4.78 is 0. The van der Waals surface area contributed by atoms with Gasteiger partial charge in [0.25, 0.3) is 0 Å². The van der Waals surface area contributed by atoms with E-state index in [9.17, 15) is 0 Å². The minimum Gasteiger partial charge on any atom is -0.246 e. The normalized spacial score (nSPS) is 8.50. The van der Waals surface area contributed by atoms with Crippen LogP contribution in [0.4, 0.5) is 0 Å². The summed E-state index contributed by atoms with van der Waals surface area (Å²) in [5.74, 6) is 0. The van der Waals surface area contributed by atoms with E-state index in [1.807, 2.05) is 12.1 Å². The minimum atomic E-state index is 0.408. The van der Waals surface area contributed by atoms with Crippen LogP contribution in [0.2, 0.25) is 0 Å². The SMILES string of the molecule is N#CCCc1ccnc(C#N)c1. The molecule has 0 aliphatic rings. The number of nitrogens with zero attached hydrogens (tertiary/aromatic N) is 3. The van der Waals surface area contributed by atoms with Gasteiger partial charge in [-0.25, -0.2) is 4.98 Å². The number of hydrogen-bond donors (Lipinski definition) is 0. The summed E-state index contributed by atoms with van der Waals surface area (Å²) in [6.45, 7) is 0. The molecule has 0 N–H and O–H groups in total. The first-order valence-electron chi connectivity index (χ1n) is 3.59. The Morgan fingerprint density at radius 2 is 2.25 bits per heavy atom. The maximum absolute atomic E-state index is 8.51. The van der Waals surface area contributed by atoms with E-state index in [-0.39, 0.29) is 0 Å². The molecule has 0 atom stereocenters. The Bertz CT molecular complexity index is 344. The number of rotatable bonds is 2. The Balaban J connectivity index is 2.76. The molecule has 1 heterocycles. The topological polar surface area (TPSA) is 60.5 Å². The van der Waals surface area contributed by atoms with Crippen LogP contribution in [0.3, 0.4) is 0 Å². The molecule has 3 heteroatoms. The molecule has 0 spiro atoms. The van der Waals surface area contributed by atoms with Crippen LogP contribution in [0.1, 0.15) is 17.7 Å². The second kappa shape index (κ2) is 4.10. The first-order chi connectivity index (χ1) is 5.86. The molecule has 0 aromatic carbocycles. The van der Waals surface area contributed by atoms with Crippen LogP contribution in [0.25, 0.3) is 0 Å². The van der Waals surface area contributed by atoms with Gasteiger partial charge >= 0.3 is 0 Å². The molecule has 0 bridgehead atoms. The quantitative estimate of drug-likeness (QED) is 0.652. The molecule has 0 radical (unpaired) electrons. The van der Waals surface area contributed by atoms with Gasteiger partial charge in [0.05, 0.1) is 6.07 Å². The molecule has 58 valence electrons. The zero-order chi connectivity index (χ0) is 8.81. The third kappa shape index (κ3) is 2.07. The van der Waals surface area contributed by atoms with Gasteiger partial charge < -0.3 is 0 Å². The minimum absolute atomic E-state index is 0.408. The van der Waals surface area contributed by atoms with Crippen LogP contribution in [0, 0.1) is 22.7 Å². The van der Waals surface area contributed by atoms with E-state index in [0.717, 1.165) is 5.56 Å². The van der Waals surface area contributed by atoms with E-state index in [1.165, 1.54) is 0 Å². The lowest BCUT2D eigenvalue weighted by Crippen LogP contribution is -1.87. The molecule has 0 amide bonds. The van der Waals surface area contributed by atoms with Crippen LogP contribution < -0.4 is 0 Å². The summed E-state index contributed by atoms with van der Waals surface area (Å²) in [6, 6.07) is 7.52. The number of pyridine rings is 1. The van der Waals surface area contributed by atoms with Gasteiger partial charge in [-0.15, -0.1) is 0 Å². The summed E-state index contributed by atoms with van der Waals surface area (Å²) in [5, 5.41) is 16.8. The van der Waals surface area contributed by atoms with Crippen molar-refractivity contribution in [2.24, 2.45) is 0 Å². The lowest BCUT2D eigenvalue weighted by atomic mass is 10.1. The smallest absolute Gasteiger partial charge is 0.140 e. The molecule has 1 aromatic rings. The Hall–Kier alpha value is -1.87. The van der Waals surface area contributed by atoms with Gasteiger partial charge in [0.2, 0.25) is 0 Å². The molecule has 3 nitrogen and oxygen atoms in total. The fraction of sp³-hybridized carbons (Fsp3) is 0.222. The van der Waals surface area contributed by atoms with Crippen LogP contribution >= 0.6 is 0 Å². The number of aromatic nitrogens is 1. The number of hydrogen-bond acceptors (Lipinski definition) is 3. The van der Waals surface area contributed by atoms with Crippen LogP contribution in [0.5, 0.6) is 0 Å². The average Bonchev–Trinajstić information content (AvgIpc) is 2.15. The third-order valence-electron chi connectivity index (χ3n) is 1.46. The summed E-state index contributed by atoms with van der Waals surface area (Å²) >= 11 is 0. The number of aryl methyl sites for hydroxylation is 1. The van der Waals surface area contributed by atoms with Crippen molar-refractivity contribution in [2.75, 3.05) is 0 Å². The molecule has 12 heavy (non-hydrogen) atoms. The van der Waals surface area contributed by atoms with Gasteiger partial charge in [0.15, 0.2) is 0 Å². The lowest BCUT2D eigenvalue weighted by Gasteiger charge is -1.95. The summed E-state index contributed by atoms with van der Waals surface area (Å²) in [5.41, 5.74) is 1.40. The van der Waals surface area contributed by atoms with Crippen molar-refractivity contribution in [3.05, 3.63) is 29.6 Å². The molecule has 1 rings (SSSR count). The molecule has 0 saturated heterocycles.